The molecular weight excluding hydrogens is 262 g/mol. The van der Waals surface area contributed by atoms with Crippen LogP contribution in [-0.2, 0) is 0 Å². The Morgan fingerprint density at radius 1 is 1.10 bits per heavy atom. The van der Waals surface area contributed by atoms with Gasteiger partial charge in [0.25, 0.3) is 0 Å². The van der Waals surface area contributed by atoms with E-state index in [0.29, 0.717) is 11.6 Å². The van der Waals surface area contributed by atoms with Crippen molar-refractivity contribution < 1.29 is 4.74 Å². The molecule has 4 nitrogen and oxygen atoms in total. The Morgan fingerprint density at radius 2 is 1.81 bits per heavy atom. The summed E-state index contributed by atoms with van der Waals surface area (Å²) >= 11 is 0. The van der Waals surface area contributed by atoms with Gasteiger partial charge in [0.2, 0.25) is 5.88 Å². The highest BCUT2D eigenvalue weighted by molar-refractivity contribution is 5.88. The van der Waals surface area contributed by atoms with Gasteiger partial charge in [0.05, 0.1) is 11.7 Å². The van der Waals surface area contributed by atoms with Crippen molar-refractivity contribution in [2.45, 2.75) is 26.8 Å². The Morgan fingerprint density at radius 3 is 2.57 bits per heavy atom. The van der Waals surface area contributed by atoms with Crippen LogP contribution in [0.1, 0.15) is 25.6 Å². The van der Waals surface area contributed by atoms with Crippen LogP contribution in [-0.4, -0.2) is 9.78 Å². The molecule has 0 saturated carbocycles. The molecule has 0 fully saturated rings. The van der Waals surface area contributed by atoms with Gasteiger partial charge in [-0.3, -0.25) is 0 Å². The monoisotopic (exact) mass is 281 g/mol. The molecule has 1 heterocycles. The van der Waals surface area contributed by atoms with Crippen molar-refractivity contribution in [3.05, 3.63) is 48.2 Å². The number of aryl methyl sites for hydroxylation is 1. The van der Waals surface area contributed by atoms with E-state index in [4.69, 9.17) is 10.5 Å². The van der Waals surface area contributed by atoms with E-state index < -0.39 is 0 Å². The Labute approximate surface area is 124 Å². The summed E-state index contributed by atoms with van der Waals surface area (Å²) in [5.74, 6) is 1.40. The van der Waals surface area contributed by atoms with Gasteiger partial charge >= 0.3 is 0 Å². The molecule has 0 aliphatic rings. The van der Waals surface area contributed by atoms with Crippen molar-refractivity contribution in [1.82, 2.24) is 9.78 Å². The minimum atomic E-state index is 0.186. The number of nitrogens with zero attached hydrogens (tertiary/aromatic N) is 2. The Hall–Kier alpha value is -2.49. The molecule has 0 amide bonds. The summed E-state index contributed by atoms with van der Waals surface area (Å²) in [5.41, 5.74) is 7.51. The second-order valence-electron chi connectivity index (χ2n) is 5.42. The zero-order valence-corrected chi connectivity index (χ0v) is 12.5. The summed E-state index contributed by atoms with van der Waals surface area (Å²) in [6, 6.07) is 14.3. The van der Waals surface area contributed by atoms with Crippen LogP contribution in [0.2, 0.25) is 0 Å². The fourth-order valence-corrected chi connectivity index (χ4v) is 2.38. The smallest absolute Gasteiger partial charge is 0.241 e. The van der Waals surface area contributed by atoms with Gasteiger partial charge in [0, 0.05) is 5.39 Å². The summed E-state index contributed by atoms with van der Waals surface area (Å²) in [4.78, 5) is 0. The number of nitrogens with two attached hydrogens (primary N) is 1. The van der Waals surface area contributed by atoms with Crippen molar-refractivity contribution in [3.8, 4) is 11.6 Å². The normalized spacial score (nSPS) is 11.2. The van der Waals surface area contributed by atoms with Crippen LogP contribution < -0.4 is 10.5 Å². The molecule has 3 rings (SSSR count). The third-order valence-corrected chi connectivity index (χ3v) is 3.53. The van der Waals surface area contributed by atoms with Crippen molar-refractivity contribution in [2.75, 3.05) is 5.73 Å². The molecule has 3 aromatic rings. The highest BCUT2D eigenvalue weighted by atomic mass is 16.5. The first-order chi connectivity index (χ1) is 10.1. The fraction of sp³-hybridized carbons (Fsp3) is 0.235. The van der Waals surface area contributed by atoms with E-state index in [1.165, 1.54) is 0 Å². The fourth-order valence-electron chi connectivity index (χ4n) is 2.38. The van der Waals surface area contributed by atoms with Crippen LogP contribution in [0.25, 0.3) is 10.8 Å². The number of aromatic nitrogens is 2. The summed E-state index contributed by atoms with van der Waals surface area (Å²) < 4.78 is 7.94. The molecule has 0 atom stereocenters. The highest BCUT2D eigenvalue weighted by Crippen LogP contribution is 2.35. The highest BCUT2D eigenvalue weighted by Gasteiger charge is 2.17. The minimum Gasteiger partial charge on any atom is -0.437 e. The standard InChI is InChI=1S/C17H19N3O/c1-11(2)20-17(16(18)12(3)19-20)21-15-10-6-8-13-7-4-5-9-14(13)15/h4-11H,18H2,1-3H3. The molecule has 21 heavy (non-hydrogen) atoms. The molecule has 0 radical (unpaired) electrons. The van der Waals surface area contributed by atoms with Gasteiger partial charge in [0.15, 0.2) is 0 Å². The molecule has 1 aromatic heterocycles. The van der Waals surface area contributed by atoms with E-state index >= 15 is 0 Å². The predicted octanol–water partition coefficient (Wildman–Crippen LogP) is 4.30. The third-order valence-electron chi connectivity index (χ3n) is 3.53. The third kappa shape index (κ3) is 2.33. The Bertz CT molecular complexity index is 785. The maximum atomic E-state index is 6.12. The van der Waals surface area contributed by atoms with Gasteiger partial charge < -0.3 is 10.5 Å². The van der Waals surface area contributed by atoms with Crippen molar-refractivity contribution >= 4 is 16.5 Å². The first-order valence-electron chi connectivity index (χ1n) is 7.08. The number of anilines is 1. The topological polar surface area (TPSA) is 53.1 Å². The largest absolute Gasteiger partial charge is 0.437 e. The van der Waals surface area contributed by atoms with Gasteiger partial charge in [-0.05, 0) is 32.2 Å². The number of nitrogen functional groups attached to an aromatic ring is 1. The maximum absolute atomic E-state index is 6.12. The number of rotatable bonds is 3. The lowest BCUT2D eigenvalue weighted by Gasteiger charge is -2.13. The maximum Gasteiger partial charge on any atom is 0.241 e. The van der Waals surface area contributed by atoms with Crippen LogP contribution >= 0.6 is 0 Å². The van der Waals surface area contributed by atoms with Crippen molar-refractivity contribution in [3.63, 3.8) is 0 Å². The van der Waals surface area contributed by atoms with Crippen LogP contribution in [0, 0.1) is 6.92 Å². The number of hydrogen-bond donors (Lipinski definition) is 1. The van der Waals surface area contributed by atoms with E-state index in [1.807, 2.05) is 41.9 Å². The Balaban J connectivity index is 2.11. The molecule has 0 aliphatic heterocycles. The van der Waals surface area contributed by atoms with Gasteiger partial charge in [-0.1, -0.05) is 36.4 Å². The van der Waals surface area contributed by atoms with Crippen LogP contribution in [0.15, 0.2) is 42.5 Å². The van der Waals surface area contributed by atoms with E-state index in [-0.39, 0.29) is 6.04 Å². The second-order valence-corrected chi connectivity index (χ2v) is 5.42. The number of benzene rings is 2. The zero-order chi connectivity index (χ0) is 15.0. The van der Waals surface area contributed by atoms with Crippen LogP contribution in [0.3, 0.4) is 0 Å². The summed E-state index contributed by atoms with van der Waals surface area (Å²) in [5, 5.41) is 6.66. The van der Waals surface area contributed by atoms with Gasteiger partial charge in [-0.2, -0.15) is 5.10 Å². The first kappa shape index (κ1) is 13.5. The van der Waals surface area contributed by atoms with Gasteiger partial charge in [0.1, 0.15) is 11.4 Å². The second kappa shape index (κ2) is 5.13. The SMILES string of the molecule is Cc1nn(C(C)C)c(Oc2cccc3ccccc23)c1N. The molecule has 2 aromatic carbocycles. The zero-order valence-electron chi connectivity index (χ0n) is 12.5. The number of fused-ring (bicyclic) bond motifs is 1. The minimum absolute atomic E-state index is 0.186. The van der Waals surface area contributed by atoms with Crippen molar-refractivity contribution in [2.24, 2.45) is 0 Å². The summed E-state index contributed by atoms with van der Waals surface area (Å²) in [7, 11) is 0. The molecule has 2 N–H and O–H groups in total. The molecule has 0 aliphatic carbocycles. The summed E-state index contributed by atoms with van der Waals surface area (Å²) in [6.45, 7) is 6.01. The van der Waals surface area contributed by atoms with E-state index in [1.54, 1.807) is 0 Å². The lowest BCUT2D eigenvalue weighted by Crippen LogP contribution is -2.05. The predicted molar refractivity (Wildman–Crippen MR) is 85.8 cm³/mol. The van der Waals surface area contributed by atoms with Crippen LogP contribution in [0.5, 0.6) is 11.6 Å². The van der Waals surface area contributed by atoms with Crippen molar-refractivity contribution in [1.29, 1.82) is 0 Å². The molecule has 0 bridgehead atoms. The van der Waals surface area contributed by atoms with E-state index in [0.717, 1.165) is 22.2 Å². The van der Waals surface area contributed by atoms with E-state index in [2.05, 4.69) is 31.1 Å². The van der Waals surface area contributed by atoms with Crippen LogP contribution in [0.4, 0.5) is 5.69 Å². The molecular formula is C17H19N3O. The quantitative estimate of drug-likeness (QED) is 0.778. The molecule has 108 valence electrons. The molecule has 0 saturated heterocycles. The van der Waals surface area contributed by atoms with Gasteiger partial charge in [-0.15, -0.1) is 0 Å². The lowest BCUT2D eigenvalue weighted by atomic mass is 10.1. The van der Waals surface area contributed by atoms with E-state index in [9.17, 15) is 0 Å². The summed E-state index contributed by atoms with van der Waals surface area (Å²) in [6.07, 6.45) is 0. The van der Waals surface area contributed by atoms with Gasteiger partial charge in [-0.25, -0.2) is 4.68 Å². The average Bonchev–Trinajstić information content (AvgIpc) is 2.76. The Kier molecular flexibility index (Phi) is 3.29. The number of hydrogen-bond acceptors (Lipinski definition) is 3. The molecule has 4 heteroatoms. The molecule has 0 unspecified atom stereocenters. The first-order valence-corrected chi connectivity index (χ1v) is 7.08. The lowest BCUT2D eigenvalue weighted by molar-refractivity contribution is 0.392. The molecule has 0 spiro atoms. The number of ether oxygens (including phenoxy) is 1. The average molecular weight is 281 g/mol.